The zero-order chi connectivity index (χ0) is 13.5. The molecular weight excluding hydrogens is 238 g/mol. The Labute approximate surface area is 103 Å². The lowest BCUT2D eigenvalue weighted by molar-refractivity contribution is -0.154. The molecule has 96 valence electrons. The van der Waals surface area contributed by atoms with Gasteiger partial charge < -0.3 is 16.2 Å². The van der Waals surface area contributed by atoms with E-state index >= 15 is 0 Å². The second-order valence-electron chi connectivity index (χ2n) is 3.55. The van der Waals surface area contributed by atoms with Gasteiger partial charge >= 0.3 is 5.97 Å². The van der Waals surface area contributed by atoms with Gasteiger partial charge in [-0.2, -0.15) is 0 Å². The molecule has 0 aromatic carbocycles. The average molecular weight is 251 g/mol. The molecule has 0 aliphatic rings. The first kappa shape index (κ1) is 13.6. The van der Waals surface area contributed by atoms with Crippen molar-refractivity contribution in [2.24, 2.45) is 17.4 Å². The van der Waals surface area contributed by atoms with Gasteiger partial charge in [0.25, 0.3) is 0 Å². The van der Waals surface area contributed by atoms with Crippen LogP contribution in [0.2, 0.25) is 0 Å². The van der Waals surface area contributed by atoms with Crippen molar-refractivity contribution in [1.82, 2.24) is 4.98 Å². The maximum absolute atomic E-state index is 11.5. The van der Waals surface area contributed by atoms with Crippen molar-refractivity contribution in [1.29, 1.82) is 0 Å². The summed E-state index contributed by atoms with van der Waals surface area (Å²) in [5.74, 6) is -3.98. The third-order valence-corrected chi connectivity index (χ3v) is 2.12. The highest BCUT2D eigenvalue weighted by Crippen LogP contribution is 2.07. The van der Waals surface area contributed by atoms with E-state index < -0.39 is 30.1 Å². The van der Waals surface area contributed by atoms with Crippen LogP contribution >= 0.6 is 0 Å². The molecule has 1 atom stereocenters. The van der Waals surface area contributed by atoms with Crippen molar-refractivity contribution < 1.29 is 19.1 Å². The lowest BCUT2D eigenvalue weighted by Crippen LogP contribution is -2.35. The van der Waals surface area contributed by atoms with E-state index in [0.29, 0.717) is 5.69 Å². The van der Waals surface area contributed by atoms with Crippen LogP contribution in [0.3, 0.4) is 0 Å². The molecular formula is C11H13N3O4. The molecule has 1 heterocycles. The van der Waals surface area contributed by atoms with Gasteiger partial charge in [-0.05, 0) is 12.1 Å². The largest absolute Gasteiger partial charge is 0.459 e. The third-order valence-electron chi connectivity index (χ3n) is 2.12. The summed E-state index contributed by atoms with van der Waals surface area (Å²) in [4.78, 5) is 37.1. The van der Waals surface area contributed by atoms with E-state index in [-0.39, 0.29) is 6.61 Å². The average Bonchev–Trinajstić information content (AvgIpc) is 2.34. The molecule has 0 saturated carbocycles. The number of aromatic nitrogens is 1. The monoisotopic (exact) mass is 251 g/mol. The van der Waals surface area contributed by atoms with E-state index in [1.807, 2.05) is 0 Å². The first-order valence-corrected chi connectivity index (χ1v) is 5.15. The van der Waals surface area contributed by atoms with E-state index in [2.05, 4.69) is 4.98 Å². The molecule has 18 heavy (non-hydrogen) atoms. The Morgan fingerprint density at radius 3 is 2.50 bits per heavy atom. The number of nitrogens with zero attached hydrogens (tertiary/aromatic N) is 1. The fourth-order valence-electron chi connectivity index (χ4n) is 1.23. The number of primary amides is 2. The van der Waals surface area contributed by atoms with Crippen molar-refractivity contribution in [3.8, 4) is 0 Å². The number of hydrogen-bond acceptors (Lipinski definition) is 5. The predicted octanol–water partition coefficient (Wildman–Crippen LogP) is -0.898. The molecule has 1 unspecified atom stereocenters. The minimum absolute atomic E-state index is 0.0950. The summed E-state index contributed by atoms with van der Waals surface area (Å²) in [6, 6.07) is 5.09. The number of ether oxygens (including phenoxy) is 1. The number of carbonyl (C=O) groups is 3. The topological polar surface area (TPSA) is 125 Å². The molecule has 2 amide bonds. The zero-order valence-corrected chi connectivity index (χ0v) is 9.54. The standard InChI is InChI=1S/C11H13N3O4/c12-9(15)5-8(10(13)16)11(17)18-6-7-3-1-2-4-14-7/h1-4,8H,5-6H2,(H2,12,15)(H2,13,16). The van der Waals surface area contributed by atoms with Crippen LogP contribution in [0.4, 0.5) is 0 Å². The van der Waals surface area contributed by atoms with Gasteiger partial charge in [-0.1, -0.05) is 6.07 Å². The summed E-state index contributed by atoms with van der Waals surface area (Å²) < 4.78 is 4.84. The molecule has 7 nitrogen and oxygen atoms in total. The highest BCUT2D eigenvalue weighted by atomic mass is 16.5. The second kappa shape index (κ2) is 6.33. The van der Waals surface area contributed by atoms with Crippen molar-refractivity contribution in [2.75, 3.05) is 0 Å². The quantitative estimate of drug-likeness (QED) is 0.500. The molecule has 0 aliphatic heterocycles. The Balaban J connectivity index is 2.57. The Kier molecular flexibility index (Phi) is 4.79. The van der Waals surface area contributed by atoms with Crippen molar-refractivity contribution in [3.63, 3.8) is 0 Å². The highest BCUT2D eigenvalue weighted by Gasteiger charge is 2.28. The summed E-state index contributed by atoms with van der Waals surface area (Å²) in [7, 11) is 0. The Bertz CT molecular complexity index is 447. The van der Waals surface area contributed by atoms with Gasteiger partial charge in [0.2, 0.25) is 11.8 Å². The molecule has 1 rings (SSSR count). The molecule has 1 aromatic rings. The van der Waals surface area contributed by atoms with E-state index in [1.54, 1.807) is 18.2 Å². The number of nitrogens with two attached hydrogens (primary N) is 2. The normalized spacial score (nSPS) is 11.6. The van der Waals surface area contributed by atoms with Crippen LogP contribution in [-0.4, -0.2) is 22.8 Å². The van der Waals surface area contributed by atoms with E-state index in [4.69, 9.17) is 16.2 Å². The van der Waals surface area contributed by atoms with Crippen LogP contribution in [0.15, 0.2) is 24.4 Å². The van der Waals surface area contributed by atoms with Gasteiger partial charge in [0.1, 0.15) is 12.5 Å². The van der Waals surface area contributed by atoms with Gasteiger partial charge in [-0.3, -0.25) is 19.4 Å². The number of rotatable bonds is 6. The molecule has 0 fully saturated rings. The molecule has 0 radical (unpaired) electrons. The molecule has 0 saturated heterocycles. The van der Waals surface area contributed by atoms with Gasteiger partial charge in [0.05, 0.1) is 5.69 Å². The molecule has 0 bridgehead atoms. The van der Waals surface area contributed by atoms with Crippen LogP contribution in [-0.2, 0) is 25.7 Å². The number of hydrogen-bond donors (Lipinski definition) is 2. The van der Waals surface area contributed by atoms with E-state index in [1.165, 1.54) is 6.20 Å². The summed E-state index contributed by atoms with van der Waals surface area (Å²) in [6.45, 7) is -0.0950. The van der Waals surface area contributed by atoms with Gasteiger partial charge in [0, 0.05) is 12.6 Å². The summed E-state index contributed by atoms with van der Waals surface area (Å²) in [5.41, 5.74) is 10.4. The third kappa shape index (κ3) is 4.20. The van der Waals surface area contributed by atoms with E-state index in [0.717, 1.165) is 0 Å². The second-order valence-corrected chi connectivity index (χ2v) is 3.55. The first-order valence-electron chi connectivity index (χ1n) is 5.15. The zero-order valence-electron chi connectivity index (χ0n) is 9.54. The molecule has 1 aromatic heterocycles. The van der Waals surface area contributed by atoms with Crippen LogP contribution in [0.1, 0.15) is 12.1 Å². The number of carbonyl (C=O) groups excluding carboxylic acids is 3. The highest BCUT2D eigenvalue weighted by molar-refractivity contribution is 6.00. The fourth-order valence-corrected chi connectivity index (χ4v) is 1.23. The maximum atomic E-state index is 11.5. The van der Waals surface area contributed by atoms with E-state index in [9.17, 15) is 14.4 Å². The van der Waals surface area contributed by atoms with Crippen LogP contribution < -0.4 is 11.5 Å². The Hall–Kier alpha value is -2.44. The van der Waals surface area contributed by atoms with Gasteiger partial charge in [-0.25, -0.2) is 0 Å². The van der Waals surface area contributed by atoms with Gasteiger partial charge in [0.15, 0.2) is 0 Å². The minimum atomic E-state index is -1.36. The SMILES string of the molecule is NC(=O)CC(C(N)=O)C(=O)OCc1ccccn1. The molecule has 7 heteroatoms. The minimum Gasteiger partial charge on any atom is -0.459 e. The van der Waals surface area contributed by atoms with Gasteiger partial charge in [-0.15, -0.1) is 0 Å². The van der Waals surface area contributed by atoms with Crippen molar-refractivity contribution in [2.45, 2.75) is 13.0 Å². The van der Waals surface area contributed by atoms with Crippen LogP contribution in [0.5, 0.6) is 0 Å². The Morgan fingerprint density at radius 1 is 1.28 bits per heavy atom. The van der Waals surface area contributed by atoms with Crippen LogP contribution in [0.25, 0.3) is 0 Å². The maximum Gasteiger partial charge on any atom is 0.319 e. The number of amides is 2. The summed E-state index contributed by atoms with van der Waals surface area (Å²) in [6.07, 6.45) is 1.08. The molecule has 0 spiro atoms. The predicted molar refractivity (Wildman–Crippen MR) is 60.5 cm³/mol. The smallest absolute Gasteiger partial charge is 0.319 e. The Morgan fingerprint density at radius 2 is 2.00 bits per heavy atom. The lowest BCUT2D eigenvalue weighted by atomic mass is 10.1. The molecule has 4 N–H and O–H groups in total. The number of esters is 1. The van der Waals surface area contributed by atoms with Crippen LogP contribution in [0, 0.1) is 5.92 Å². The molecule has 0 aliphatic carbocycles. The summed E-state index contributed by atoms with van der Waals surface area (Å²) in [5, 5.41) is 0. The summed E-state index contributed by atoms with van der Waals surface area (Å²) >= 11 is 0. The van der Waals surface area contributed by atoms with Crippen molar-refractivity contribution in [3.05, 3.63) is 30.1 Å². The van der Waals surface area contributed by atoms with Crippen molar-refractivity contribution >= 4 is 17.8 Å². The lowest BCUT2D eigenvalue weighted by Gasteiger charge is -2.10. The number of pyridine rings is 1. The fraction of sp³-hybridized carbons (Fsp3) is 0.273. The first-order chi connectivity index (χ1) is 8.50.